The van der Waals surface area contributed by atoms with E-state index in [4.69, 9.17) is 4.74 Å². The van der Waals surface area contributed by atoms with Crippen LogP contribution in [0.4, 0.5) is 5.00 Å². The largest absolute Gasteiger partial charge is 0.370 e. The van der Waals surface area contributed by atoms with Gasteiger partial charge in [0.1, 0.15) is 18.1 Å². The van der Waals surface area contributed by atoms with E-state index in [-0.39, 0.29) is 11.7 Å². The molecule has 0 aliphatic carbocycles. The van der Waals surface area contributed by atoms with Gasteiger partial charge in [0.05, 0.1) is 18.8 Å². The van der Waals surface area contributed by atoms with Gasteiger partial charge in [0.25, 0.3) is 5.91 Å². The summed E-state index contributed by atoms with van der Waals surface area (Å²) in [6.45, 7) is 9.38. The number of anilines is 1. The summed E-state index contributed by atoms with van der Waals surface area (Å²) in [4.78, 5) is 27.8. The number of benzene rings is 1. The van der Waals surface area contributed by atoms with Crippen molar-refractivity contribution in [3.63, 3.8) is 0 Å². The third kappa shape index (κ3) is 4.20. The van der Waals surface area contributed by atoms with Crippen LogP contribution >= 0.6 is 11.3 Å². The second-order valence-corrected chi connectivity index (χ2v) is 7.99. The zero-order chi connectivity index (χ0) is 18.7. The fourth-order valence-corrected chi connectivity index (χ4v) is 4.15. The van der Waals surface area contributed by atoms with Crippen LogP contribution in [0, 0.1) is 20.8 Å². The average molecular weight is 373 g/mol. The van der Waals surface area contributed by atoms with Gasteiger partial charge < -0.3 is 15.0 Å². The number of rotatable bonds is 5. The van der Waals surface area contributed by atoms with E-state index in [1.54, 1.807) is 0 Å². The Hall–Kier alpha value is -2.02. The maximum Gasteiger partial charge on any atom is 0.280 e. The minimum absolute atomic E-state index is 0.0409. The molecule has 3 rings (SSSR count). The normalized spacial score (nSPS) is 15.0. The van der Waals surface area contributed by atoms with Gasteiger partial charge in [-0.25, -0.2) is 0 Å². The lowest BCUT2D eigenvalue weighted by Gasteiger charge is -2.23. The van der Waals surface area contributed by atoms with Gasteiger partial charge in [-0.05, 0) is 26.3 Å². The van der Waals surface area contributed by atoms with Crippen LogP contribution in [0.3, 0.4) is 0 Å². The minimum Gasteiger partial charge on any atom is -0.370 e. The minimum atomic E-state index is -0.0545. The summed E-state index contributed by atoms with van der Waals surface area (Å²) in [6, 6.07) is 7.55. The molecule has 0 atom stereocenters. The van der Waals surface area contributed by atoms with Crippen molar-refractivity contribution in [1.29, 1.82) is 0 Å². The van der Waals surface area contributed by atoms with Crippen molar-refractivity contribution >= 4 is 28.0 Å². The molecule has 0 radical (unpaired) electrons. The van der Waals surface area contributed by atoms with Crippen molar-refractivity contribution in [3.05, 3.63) is 51.4 Å². The first-order chi connectivity index (χ1) is 12.5. The number of morpholine rings is 1. The van der Waals surface area contributed by atoms with E-state index in [9.17, 15) is 9.59 Å². The third-order valence-electron chi connectivity index (χ3n) is 4.79. The Bertz CT molecular complexity index is 805. The molecule has 5 nitrogen and oxygen atoms in total. The van der Waals surface area contributed by atoms with Crippen molar-refractivity contribution in [2.24, 2.45) is 0 Å². The molecule has 0 unspecified atom stereocenters. The maximum absolute atomic E-state index is 13.0. The summed E-state index contributed by atoms with van der Waals surface area (Å²) in [5.74, 6) is -0.0954. The zero-order valence-electron chi connectivity index (χ0n) is 15.5. The summed E-state index contributed by atoms with van der Waals surface area (Å²) in [6.07, 6.45) is 0. The fraction of sp³-hybridized carbons (Fsp3) is 0.400. The fourth-order valence-electron chi connectivity index (χ4n) is 3.07. The molecule has 1 amide bonds. The van der Waals surface area contributed by atoms with Crippen molar-refractivity contribution in [2.75, 3.05) is 38.2 Å². The van der Waals surface area contributed by atoms with Crippen LogP contribution in [-0.4, -0.2) is 44.5 Å². The van der Waals surface area contributed by atoms with E-state index >= 15 is 0 Å². The molecular formula is C20H25N2O3S+. The standard InChI is InChI=1S/C20H24N2O3S/c1-13-4-6-16(7-5-13)19(24)18-14(2)15(3)26-20(18)21-17(23)12-22-8-10-25-11-9-22/h4-7H,8-12H2,1-3H3,(H,21,23)/p+1. The molecule has 0 spiro atoms. The number of amides is 1. The number of hydrogen-bond acceptors (Lipinski definition) is 4. The lowest BCUT2D eigenvalue weighted by molar-refractivity contribution is -0.899. The first kappa shape index (κ1) is 18.8. The molecule has 1 aliphatic heterocycles. The van der Waals surface area contributed by atoms with Crippen LogP contribution in [0.15, 0.2) is 24.3 Å². The van der Waals surface area contributed by atoms with Crippen LogP contribution in [0.1, 0.15) is 31.9 Å². The molecule has 2 N–H and O–H groups in total. The van der Waals surface area contributed by atoms with Crippen LogP contribution in [0.5, 0.6) is 0 Å². The number of carbonyl (C=O) groups excluding carboxylic acids is 2. The number of nitrogens with one attached hydrogen (secondary N) is 2. The summed E-state index contributed by atoms with van der Waals surface area (Å²) < 4.78 is 5.33. The highest BCUT2D eigenvalue weighted by atomic mass is 32.1. The van der Waals surface area contributed by atoms with Crippen molar-refractivity contribution in [2.45, 2.75) is 20.8 Å². The van der Waals surface area contributed by atoms with Crippen molar-refractivity contribution in [1.82, 2.24) is 0 Å². The highest BCUT2D eigenvalue weighted by molar-refractivity contribution is 7.16. The number of ketones is 1. The third-order valence-corrected chi connectivity index (χ3v) is 5.91. The van der Waals surface area contributed by atoms with E-state index in [0.717, 1.165) is 29.1 Å². The summed E-state index contributed by atoms with van der Waals surface area (Å²) in [7, 11) is 0. The molecule has 1 saturated heterocycles. The molecule has 2 aromatic rings. The number of carbonyl (C=O) groups is 2. The maximum atomic E-state index is 13.0. The molecular weight excluding hydrogens is 348 g/mol. The van der Waals surface area contributed by atoms with Gasteiger partial charge in [-0.3, -0.25) is 9.59 Å². The molecule has 1 aromatic carbocycles. The Morgan fingerprint density at radius 1 is 1.12 bits per heavy atom. The Kier molecular flexibility index (Phi) is 5.86. The molecule has 2 heterocycles. The van der Waals surface area contributed by atoms with Gasteiger partial charge in [0.2, 0.25) is 0 Å². The Labute approximate surface area is 158 Å². The number of aryl methyl sites for hydroxylation is 2. The first-order valence-corrected chi connectivity index (χ1v) is 9.70. The smallest absolute Gasteiger partial charge is 0.280 e. The molecule has 1 aliphatic rings. The highest BCUT2D eigenvalue weighted by Crippen LogP contribution is 2.34. The van der Waals surface area contributed by atoms with E-state index in [1.165, 1.54) is 16.2 Å². The Morgan fingerprint density at radius 2 is 1.77 bits per heavy atom. The predicted molar refractivity (Wildman–Crippen MR) is 103 cm³/mol. The quantitative estimate of drug-likeness (QED) is 0.785. The van der Waals surface area contributed by atoms with Crippen LogP contribution in [0.2, 0.25) is 0 Å². The Balaban J connectivity index is 1.79. The van der Waals surface area contributed by atoms with Gasteiger partial charge in [-0.1, -0.05) is 29.8 Å². The van der Waals surface area contributed by atoms with Gasteiger partial charge in [0.15, 0.2) is 12.3 Å². The van der Waals surface area contributed by atoms with Gasteiger partial charge in [-0.15, -0.1) is 11.3 Å². The SMILES string of the molecule is Cc1ccc(C(=O)c2c(NC(=O)C[NH+]3CCOCC3)sc(C)c2C)cc1. The molecule has 26 heavy (non-hydrogen) atoms. The molecule has 1 aromatic heterocycles. The van der Waals surface area contributed by atoms with Crippen LogP contribution in [-0.2, 0) is 9.53 Å². The number of quaternary nitrogens is 1. The van der Waals surface area contributed by atoms with Crippen molar-refractivity contribution in [3.8, 4) is 0 Å². The second kappa shape index (κ2) is 8.12. The van der Waals surface area contributed by atoms with E-state index in [2.05, 4.69) is 5.32 Å². The molecule has 1 fully saturated rings. The van der Waals surface area contributed by atoms with Gasteiger partial charge >= 0.3 is 0 Å². The zero-order valence-corrected chi connectivity index (χ0v) is 16.3. The Morgan fingerprint density at radius 3 is 2.42 bits per heavy atom. The van der Waals surface area contributed by atoms with E-state index < -0.39 is 0 Å². The molecule has 6 heteroatoms. The number of ether oxygens (including phenoxy) is 1. The van der Waals surface area contributed by atoms with Gasteiger partial charge in [-0.2, -0.15) is 0 Å². The van der Waals surface area contributed by atoms with E-state index in [0.29, 0.717) is 35.9 Å². The lowest BCUT2D eigenvalue weighted by Crippen LogP contribution is -3.15. The number of hydrogen-bond donors (Lipinski definition) is 2. The van der Waals surface area contributed by atoms with Gasteiger partial charge in [0, 0.05) is 10.4 Å². The summed E-state index contributed by atoms with van der Waals surface area (Å²) >= 11 is 1.47. The van der Waals surface area contributed by atoms with E-state index in [1.807, 2.05) is 45.0 Å². The lowest BCUT2D eigenvalue weighted by atomic mass is 10.0. The molecule has 0 saturated carbocycles. The monoisotopic (exact) mass is 373 g/mol. The summed E-state index contributed by atoms with van der Waals surface area (Å²) in [5, 5.41) is 3.63. The summed E-state index contributed by atoms with van der Waals surface area (Å²) in [5.41, 5.74) is 3.31. The number of thiophene rings is 1. The highest BCUT2D eigenvalue weighted by Gasteiger charge is 2.24. The van der Waals surface area contributed by atoms with Crippen LogP contribution in [0.25, 0.3) is 0 Å². The topological polar surface area (TPSA) is 59.8 Å². The predicted octanol–water partition coefficient (Wildman–Crippen LogP) is 1.76. The second-order valence-electron chi connectivity index (χ2n) is 6.77. The van der Waals surface area contributed by atoms with Crippen molar-refractivity contribution < 1.29 is 19.2 Å². The average Bonchev–Trinajstić information content (AvgIpc) is 2.89. The van der Waals surface area contributed by atoms with Crippen LogP contribution < -0.4 is 10.2 Å². The molecule has 0 bridgehead atoms. The molecule has 138 valence electrons. The first-order valence-electron chi connectivity index (χ1n) is 8.88.